The predicted octanol–water partition coefficient (Wildman–Crippen LogP) is 2.31. The molecule has 17 heavy (non-hydrogen) atoms. The fourth-order valence-electron chi connectivity index (χ4n) is 1.12. The van der Waals surface area contributed by atoms with Crippen LogP contribution in [0, 0.1) is 17.6 Å². The van der Waals surface area contributed by atoms with E-state index in [0.717, 1.165) is 6.07 Å². The minimum absolute atomic E-state index is 0. The van der Waals surface area contributed by atoms with Crippen molar-refractivity contribution in [2.24, 2.45) is 11.7 Å². The third-order valence-corrected chi connectivity index (χ3v) is 2.23. The number of amides is 1. The normalized spacial score (nSPS) is 11.9. The zero-order chi connectivity index (χ0) is 12.3. The van der Waals surface area contributed by atoms with Gasteiger partial charge in [-0.05, 0) is 18.1 Å². The van der Waals surface area contributed by atoms with E-state index in [2.05, 4.69) is 5.32 Å². The number of carbonyl (C=O) groups is 1. The summed E-state index contributed by atoms with van der Waals surface area (Å²) in [6.07, 6.45) is 0. The van der Waals surface area contributed by atoms with Crippen molar-refractivity contribution < 1.29 is 13.6 Å². The first kappa shape index (κ1) is 15.8. The van der Waals surface area contributed by atoms with Crippen molar-refractivity contribution in [3.63, 3.8) is 0 Å². The van der Waals surface area contributed by atoms with E-state index in [1.165, 1.54) is 12.1 Å². The van der Waals surface area contributed by atoms with E-state index in [9.17, 15) is 13.6 Å². The third-order valence-electron chi connectivity index (χ3n) is 2.23. The summed E-state index contributed by atoms with van der Waals surface area (Å²) in [4.78, 5) is 11.5. The Morgan fingerprint density at radius 3 is 2.47 bits per heavy atom. The number of halogens is 3. The van der Waals surface area contributed by atoms with Crippen LogP contribution >= 0.6 is 12.4 Å². The lowest BCUT2D eigenvalue weighted by molar-refractivity contribution is -0.118. The molecule has 3 nitrogen and oxygen atoms in total. The minimum atomic E-state index is -1.08. The van der Waals surface area contributed by atoms with Crippen molar-refractivity contribution in [3.8, 4) is 0 Å². The maximum atomic E-state index is 13.2. The van der Waals surface area contributed by atoms with E-state index in [0.29, 0.717) is 0 Å². The van der Waals surface area contributed by atoms with Gasteiger partial charge in [0.25, 0.3) is 0 Å². The summed E-state index contributed by atoms with van der Waals surface area (Å²) in [6.45, 7) is 3.54. The second-order valence-electron chi connectivity index (χ2n) is 3.86. The van der Waals surface area contributed by atoms with Gasteiger partial charge in [-0.3, -0.25) is 4.79 Å². The van der Waals surface area contributed by atoms with Crippen LogP contribution in [0.4, 0.5) is 14.5 Å². The molecule has 1 rings (SSSR count). The SMILES string of the molecule is CC(C)C(N)C(=O)Nc1cccc(F)c1F.Cl. The predicted molar refractivity (Wildman–Crippen MR) is 65.0 cm³/mol. The molecule has 0 spiro atoms. The topological polar surface area (TPSA) is 55.1 Å². The summed E-state index contributed by atoms with van der Waals surface area (Å²) < 4.78 is 26.0. The summed E-state index contributed by atoms with van der Waals surface area (Å²) in [7, 11) is 0. The van der Waals surface area contributed by atoms with E-state index in [1.54, 1.807) is 13.8 Å². The fourth-order valence-corrected chi connectivity index (χ4v) is 1.12. The molecule has 1 aromatic rings. The number of hydrogen-bond donors (Lipinski definition) is 2. The molecule has 1 unspecified atom stereocenters. The van der Waals surface area contributed by atoms with Gasteiger partial charge < -0.3 is 11.1 Å². The Morgan fingerprint density at radius 1 is 1.35 bits per heavy atom. The van der Waals surface area contributed by atoms with Gasteiger partial charge >= 0.3 is 0 Å². The number of anilines is 1. The highest BCUT2D eigenvalue weighted by Gasteiger charge is 2.19. The fraction of sp³-hybridized carbons (Fsp3) is 0.364. The first-order valence-corrected chi connectivity index (χ1v) is 4.94. The molecule has 96 valence electrons. The molecule has 1 amide bonds. The number of benzene rings is 1. The largest absolute Gasteiger partial charge is 0.322 e. The van der Waals surface area contributed by atoms with E-state index in [-0.39, 0.29) is 24.0 Å². The molecule has 0 saturated heterocycles. The zero-order valence-corrected chi connectivity index (χ0v) is 10.4. The Hall–Kier alpha value is -1.20. The molecular weight excluding hydrogens is 250 g/mol. The Balaban J connectivity index is 0.00000256. The third kappa shape index (κ3) is 3.94. The number of nitrogens with one attached hydrogen (secondary N) is 1. The Kier molecular flexibility index (Phi) is 6.05. The summed E-state index contributed by atoms with van der Waals surface area (Å²) in [6, 6.07) is 2.83. The molecular formula is C11H15ClF2N2O. The van der Waals surface area contributed by atoms with Gasteiger partial charge in [0.15, 0.2) is 11.6 Å². The average Bonchev–Trinajstić information content (AvgIpc) is 2.23. The van der Waals surface area contributed by atoms with Crippen LogP contribution < -0.4 is 11.1 Å². The molecule has 0 heterocycles. The smallest absolute Gasteiger partial charge is 0.241 e. The number of hydrogen-bond acceptors (Lipinski definition) is 2. The summed E-state index contributed by atoms with van der Waals surface area (Å²) in [5, 5.41) is 2.25. The molecule has 0 aromatic heterocycles. The monoisotopic (exact) mass is 264 g/mol. The molecule has 0 bridgehead atoms. The van der Waals surface area contributed by atoms with Crippen molar-refractivity contribution in [2.75, 3.05) is 5.32 Å². The molecule has 3 N–H and O–H groups in total. The number of rotatable bonds is 3. The number of carbonyl (C=O) groups excluding carboxylic acids is 1. The van der Waals surface area contributed by atoms with E-state index >= 15 is 0 Å². The quantitative estimate of drug-likeness (QED) is 0.880. The van der Waals surface area contributed by atoms with Gasteiger partial charge in [0, 0.05) is 0 Å². The van der Waals surface area contributed by atoms with Crippen LogP contribution in [-0.4, -0.2) is 11.9 Å². The van der Waals surface area contributed by atoms with Gasteiger partial charge in [0.1, 0.15) is 0 Å². The lowest BCUT2D eigenvalue weighted by atomic mass is 10.0. The molecule has 0 aliphatic rings. The van der Waals surface area contributed by atoms with Crippen molar-refractivity contribution >= 4 is 24.0 Å². The van der Waals surface area contributed by atoms with Gasteiger partial charge in [0.2, 0.25) is 5.91 Å². The van der Waals surface area contributed by atoms with Gasteiger partial charge in [-0.25, -0.2) is 8.78 Å². The summed E-state index contributed by atoms with van der Waals surface area (Å²) in [5.41, 5.74) is 5.37. The van der Waals surface area contributed by atoms with E-state index in [4.69, 9.17) is 5.73 Å². The van der Waals surface area contributed by atoms with Crippen LogP contribution in [0.3, 0.4) is 0 Å². The molecule has 0 aliphatic heterocycles. The molecule has 0 saturated carbocycles. The van der Waals surface area contributed by atoms with Gasteiger partial charge in [-0.2, -0.15) is 0 Å². The second kappa shape index (κ2) is 6.51. The van der Waals surface area contributed by atoms with E-state index in [1.807, 2.05) is 0 Å². The van der Waals surface area contributed by atoms with Crippen LogP contribution in [0.25, 0.3) is 0 Å². The Labute approximate surface area is 105 Å². The number of nitrogens with two attached hydrogens (primary N) is 1. The first-order chi connectivity index (χ1) is 7.43. The molecule has 0 aliphatic carbocycles. The van der Waals surface area contributed by atoms with Crippen molar-refractivity contribution in [3.05, 3.63) is 29.8 Å². The highest BCUT2D eigenvalue weighted by molar-refractivity contribution is 5.94. The molecule has 0 fully saturated rings. The minimum Gasteiger partial charge on any atom is -0.322 e. The molecule has 1 atom stereocenters. The van der Waals surface area contributed by atoms with Crippen LogP contribution in [-0.2, 0) is 4.79 Å². The van der Waals surface area contributed by atoms with Gasteiger partial charge in [0.05, 0.1) is 11.7 Å². The summed E-state index contributed by atoms with van der Waals surface area (Å²) >= 11 is 0. The highest BCUT2D eigenvalue weighted by atomic mass is 35.5. The highest BCUT2D eigenvalue weighted by Crippen LogP contribution is 2.17. The lowest BCUT2D eigenvalue weighted by Gasteiger charge is -2.15. The maximum absolute atomic E-state index is 13.2. The maximum Gasteiger partial charge on any atom is 0.241 e. The van der Waals surface area contributed by atoms with Gasteiger partial charge in [-0.15, -0.1) is 12.4 Å². The molecule has 1 aromatic carbocycles. The lowest BCUT2D eigenvalue weighted by Crippen LogP contribution is -2.39. The second-order valence-corrected chi connectivity index (χ2v) is 3.86. The Morgan fingerprint density at radius 2 is 1.94 bits per heavy atom. The van der Waals surface area contributed by atoms with Gasteiger partial charge in [-0.1, -0.05) is 19.9 Å². The average molecular weight is 265 g/mol. The zero-order valence-electron chi connectivity index (χ0n) is 9.54. The molecule has 6 heteroatoms. The van der Waals surface area contributed by atoms with E-state index < -0.39 is 23.6 Å². The Bertz CT molecular complexity index is 399. The standard InChI is InChI=1S/C11H14F2N2O.ClH/c1-6(2)10(14)11(16)15-8-5-3-4-7(12)9(8)13;/h3-6,10H,14H2,1-2H3,(H,15,16);1H. The van der Waals surface area contributed by atoms with Crippen molar-refractivity contribution in [1.82, 2.24) is 0 Å². The van der Waals surface area contributed by atoms with Crippen LogP contribution in [0.15, 0.2) is 18.2 Å². The van der Waals surface area contributed by atoms with Crippen LogP contribution in [0.1, 0.15) is 13.8 Å². The summed E-state index contributed by atoms with van der Waals surface area (Å²) in [5.74, 6) is -2.68. The molecule has 0 radical (unpaired) electrons. The van der Waals surface area contributed by atoms with Crippen molar-refractivity contribution in [1.29, 1.82) is 0 Å². The van der Waals surface area contributed by atoms with Crippen molar-refractivity contribution in [2.45, 2.75) is 19.9 Å². The van der Waals surface area contributed by atoms with Crippen LogP contribution in [0.2, 0.25) is 0 Å². The van der Waals surface area contributed by atoms with Crippen LogP contribution in [0.5, 0.6) is 0 Å². The first-order valence-electron chi connectivity index (χ1n) is 4.94.